The van der Waals surface area contributed by atoms with Gasteiger partial charge < -0.3 is 15.0 Å². The summed E-state index contributed by atoms with van der Waals surface area (Å²) in [5.41, 5.74) is 1.09. The Labute approximate surface area is 186 Å². The number of benzene rings is 1. The van der Waals surface area contributed by atoms with Crippen LogP contribution in [0, 0.1) is 6.92 Å². The van der Waals surface area contributed by atoms with Crippen molar-refractivity contribution in [3.63, 3.8) is 0 Å². The SMILES string of the molecule is Cc1c(C(=O)Nc2cccc(Cl)c2N2CCOCC2)cnn1-c1ccc(C(F)(F)F)cn1. The molecular weight excluding hydrogens is 447 g/mol. The Hall–Kier alpha value is -3.11. The number of nitrogens with one attached hydrogen (secondary N) is 1. The Morgan fingerprint density at radius 1 is 1.16 bits per heavy atom. The van der Waals surface area contributed by atoms with Gasteiger partial charge in [-0.25, -0.2) is 9.67 Å². The van der Waals surface area contributed by atoms with E-state index < -0.39 is 17.6 Å². The van der Waals surface area contributed by atoms with Crippen LogP contribution in [-0.4, -0.2) is 47.0 Å². The summed E-state index contributed by atoms with van der Waals surface area (Å²) in [5, 5.41) is 7.51. The maximum atomic E-state index is 13.0. The summed E-state index contributed by atoms with van der Waals surface area (Å²) in [6.45, 7) is 4.05. The number of alkyl halides is 3. The van der Waals surface area contributed by atoms with Gasteiger partial charge in [0.05, 0.1) is 52.6 Å². The van der Waals surface area contributed by atoms with E-state index in [0.717, 1.165) is 12.3 Å². The number of morpholine rings is 1. The van der Waals surface area contributed by atoms with Crippen LogP contribution in [0.3, 0.4) is 0 Å². The summed E-state index contributed by atoms with van der Waals surface area (Å²) in [7, 11) is 0. The highest BCUT2D eigenvalue weighted by atomic mass is 35.5. The van der Waals surface area contributed by atoms with E-state index in [4.69, 9.17) is 16.3 Å². The number of amides is 1. The van der Waals surface area contributed by atoms with Gasteiger partial charge >= 0.3 is 6.18 Å². The quantitative estimate of drug-likeness (QED) is 0.620. The molecule has 0 atom stereocenters. The fraction of sp³-hybridized carbons (Fsp3) is 0.286. The van der Waals surface area contributed by atoms with E-state index in [1.54, 1.807) is 25.1 Å². The van der Waals surface area contributed by atoms with E-state index >= 15 is 0 Å². The first-order valence-electron chi connectivity index (χ1n) is 9.76. The number of pyridine rings is 1. The summed E-state index contributed by atoms with van der Waals surface area (Å²) in [6.07, 6.45) is -2.40. The minimum absolute atomic E-state index is 0.173. The summed E-state index contributed by atoms with van der Waals surface area (Å²) in [4.78, 5) is 18.9. The molecule has 1 N–H and O–H groups in total. The molecule has 0 saturated carbocycles. The number of aromatic nitrogens is 3. The van der Waals surface area contributed by atoms with Gasteiger partial charge in [0.25, 0.3) is 5.91 Å². The van der Waals surface area contributed by atoms with Crippen LogP contribution < -0.4 is 10.2 Å². The molecule has 1 aliphatic heterocycles. The van der Waals surface area contributed by atoms with E-state index in [1.165, 1.54) is 16.9 Å². The van der Waals surface area contributed by atoms with Crippen LogP contribution in [0.5, 0.6) is 0 Å². The number of rotatable bonds is 4. The molecule has 1 aromatic carbocycles. The Kier molecular flexibility index (Phi) is 6.07. The predicted octanol–water partition coefficient (Wildman–Crippen LogP) is 4.34. The highest BCUT2D eigenvalue weighted by molar-refractivity contribution is 6.34. The van der Waals surface area contributed by atoms with Gasteiger partial charge in [-0.05, 0) is 31.2 Å². The average Bonchev–Trinajstić information content (AvgIpc) is 3.15. The van der Waals surface area contributed by atoms with Crippen LogP contribution in [0.1, 0.15) is 21.6 Å². The summed E-state index contributed by atoms with van der Waals surface area (Å²) in [5.74, 6) is -0.247. The molecule has 3 aromatic rings. The van der Waals surface area contributed by atoms with Gasteiger partial charge in [-0.2, -0.15) is 18.3 Å². The van der Waals surface area contributed by atoms with Gasteiger partial charge in [0.15, 0.2) is 5.82 Å². The lowest BCUT2D eigenvalue weighted by Gasteiger charge is -2.31. The molecule has 2 aromatic heterocycles. The molecule has 11 heteroatoms. The minimum atomic E-state index is -4.48. The number of ether oxygens (including phenoxy) is 1. The summed E-state index contributed by atoms with van der Waals surface area (Å²) < 4.78 is 45.0. The molecule has 1 aliphatic rings. The normalized spacial score (nSPS) is 14.5. The highest BCUT2D eigenvalue weighted by Gasteiger charge is 2.31. The molecule has 1 saturated heterocycles. The number of carbonyl (C=O) groups excluding carboxylic acids is 1. The molecule has 1 amide bonds. The molecule has 1 fully saturated rings. The van der Waals surface area contributed by atoms with E-state index in [-0.39, 0.29) is 11.4 Å². The molecule has 32 heavy (non-hydrogen) atoms. The summed E-state index contributed by atoms with van der Waals surface area (Å²) >= 11 is 6.41. The van der Waals surface area contributed by atoms with Gasteiger partial charge in [-0.15, -0.1) is 0 Å². The third-order valence-corrected chi connectivity index (χ3v) is 5.41. The monoisotopic (exact) mass is 465 g/mol. The number of nitrogens with zero attached hydrogens (tertiary/aromatic N) is 4. The first-order valence-corrected chi connectivity index (χ1v) is 10.1. The second-order valence-corrected chi connectivity index (χ2v) is 7.56. The number of para-hydroxylation sites is 1. The smallest absolute Gasteiger partial charge is 0.378 e. The standard InChI is InChI=1S/C21H19ClF3N5O2/c1-13-15(12-27-30(13)18-6-5-14(11-26-18)21(23,24)25)20(31)28-17-4-2-3-16(22)19(17)29-7-9-32-10-8-29/h2-6,11-12H,7-10H2,1H3,(H,28,31). The second-order valence-electron chi connectivity index (χ2n) is 7.15. The van der Waals surface area contributed by atoms with Crippen LogP contribution in [-0.2, 0) is 10.9 Å². The van der Waals surface area contributed by atoms with Crippen LogP contribution >= 0.6 is 11.6 Å². The van der Waals surface area contributed by atoms with E-state index in [9.17, 15) is 18.0 Å². The Morgan fingerprint density at radius 2 is 1.91 bits per heavy atom. The van der Waals surface area contributed by atoms with Crippen LogP contribution in [0.15, 0.2) is 42.7 Å². The number of anilines is 2. The Bertz CT molecular complexity index is 1130. The molecule has 0 spiro atoms. The lowest BCUT2D eigenvalue weighted by Crippen LogP contribution is -2.37. The van der Waals surface area contributed by atoms with E-state index in [0.29, 0.717) is 48.4 Å². The van der Waals surface area contributed by atoms with Gasteiger partial charge in [-0.1, -0.05) is 17.7 Å². The highest BCUT2D eigenvalue weighted by Crippen LogP contribution is 2.35. The van der Waals surface area contributed by atoms with Gasteiger partial charge in [-0.3, -0.25) is 4.79 Å². The van der Waals surface area contributed by atoms with Crippen molar-refractivity contribution >= 4 is 28.9 Å². The maximum absolute atomic E-state index is 13.0. The fourth-order valence-electron chi connectivity index (χ4n) is 3.46. The first-order chi connectivity index (χ1) is 15.3. The lowest BCUT2D eigenvalue weighted by molar-refractivity contribution is -0.137. The molecule has 4 rings (SSSR count). The number of halogens is 4. The maximum Gasteiger partial charge on any atom is 0.417 e. The summed E-state index contributed by atoms with van der Waals surface area (Å²) in [6, 6.07) is 7.37. The van der Waals surface area contributed by atoms with Crippen molar-refractivity contribution < 1.29 is 22.7 Å². The van der Waals surface area contributed by atoms with Crippen molar-refractivity contribution in [3.8, 4) is 5.82 Å². The largest absolute Gasteiger partial charge is 0.417 e. The number of hydrogen-bond acceptors (Lipinski definition) is 5. The molecule has 0 unspecified atom stereocenters. The predicted molar refractivity (Wildman–Crippen MR) is 114 cm³/mol. The van der Waals surface area contributed by atoms with Crippen molar-refractivity contribution in [1.29, 1.82) is 0 Å². The Balaban J connectivity index is 1.58. The van der Waals surface area contributed by atoms with Gasteiger partial charge in [0.1, 0.15) is 0 Å². The molecule has 3 heterocycles. The number of hydrogen-bond donors (Lipinski definition) is 1. The minimum Gasteiger partial charge on any atom is -0.378 e. The third kappa shape index (κ3) is 4.42. The first kappa shape index (κ1) is 22.1. The molecule has 0 bridgehead atoms. The zero-order valence-electron chi connectivity index (χ0n) is 17.0. The third-order valence-electron chi connectivity index (χ3n) is 5.11. The fourth-order valence-corrected chi connectivity index (χ4v) is 3.75. The van der Waals surface area contributed by atoms with Crippen molar-refractivity contribution in [2.24, 2.45) is 0 Å². The van der Waals surface area contributed by atoms with Crippen LogP contribution in [0.25, 0.3) is 5.82 Å². The molecule has 168 valence electrons. The zero-order chi connectivity index (χ0) is 22.9. The Morgan fingerprint density at radius 3 is 2.56 bits per heavy atom. The average molecular weight is 466 g/mol. The van der Waals surface area contributed by atoms with E-state index in [2.05, 4.69) is 15.4 Å². The van der Waals surface area contributed by atoms with E-state index in [1.807, 2.05) is 4.90 Å². The van der Waals surface area contributed by atoms with Crippen LogP contribution in [0.4, 0.5) is 24.5 Å². The van der Waals surface area contributed by atoms with Gasteiger partial charge in [0, 0.05) is 19.3 Å². The molecule has 0 radical (unpaired) electrons. The molecular formula is C21H19ClF3N5O2. The van der Waals surface area contributed by atoms with Crippen molar-refractivity contribution in [3.05, 3.63) is 64.6 Å². The second kappa shape index (κ2) is 8.79. The van der Waals surface area contributed by atoms with Crippen molar-refractivity contribution in [2.45, 2.75) is 13.1 Å². The van der Waals surface area contributed by atoms with Crippen LogP contribution in [0.2, 0.25) is 5.02 Å². The van der Waals surface area contributed by atoms with Crippen molar-refractivity contribution in [1.82, 2.24) is 14.8 Å². The van der Waals surface area contributed by atoms with Crippen molar-refractivity contribution in [2.75, 3.05) is 36.5 Å². The zero-order valence-corrected chi connectivity index (χ0v) is 17.7. The lowest BCUT2D eigenvalue weighted by atomic mass is 10.2. The molecule has 7 nitrogen and oxygen atoms in total. The number of carbonyl (C=O) groups is 1. The molecule has 0 aliphatic carbocycles. The topological polar surface area (TPSA) is 72.3 Å². The van der Waals surface area contributed by atoms with Gasteiger partial charge in [0.2, 0.25) is 0 Å².